The summed E-state index contributed by atoms with van der Waals surface area (Å²) >= 11 is 1.73. The summed E-state index contributed by atoms with van der Waals surface area (Å²) in [5, 5.41) is 1.04. The molecule has 1 aromatic heterocycles. The third-order valence-corrected chi connectivity index (χ3v) is 4.32. The summed E-state index contributed by atoms with van der Waals surface area (Å²) in [7, 11) is 0. The van der Waals surface area contributed by atoms with E-state index in [0.29, 0.717) is 6.54 Å². The lowest BCUT2D eigenvalue weighted by Crippen LogP contribution is -1.98. The zero-order chi connectivity index (χ0) is 13.9. The van der Waals surface area contributed by atoms with Gasteiger partial charge in [0, 0.05) is 22.5 Å². The maximum atomic E-state index is 5.82. The molecule has 20 heavy (non-hydrogen) atoms. The first-order valence-corrected chi connectivity index (χ1v) is 7.42. The first-order chi connectivity index (χ1) is 9.79. The highest BCUT2D eigenvalue weighted by molar-refractivity contribution is 7.15. The van der Waals surface area contributed by atoms with Crippen LogP contribution in [0.25, 0.3) is 21.8 Å². The Morgan fingerprint density at radius 3 is 2.45 bits per heavy atom. The van der Waals surface area contributed by atoms with Crippen LogP contribution in [0.4, 0.5) is 0 Å². The Hall–Kier alpha value is -1.97. The lowest BCUT2D eigenvalue weighted by Gasteiger charge is -2.03. The summed E-state index contributed by atoms with van der Waals surface area (Å²) in [6.45, 7) is 2.66. The molecule has 3 heteroatoms. The van der Waals surface area contributed by atoms with Crippen molar-refractivity contribution in [2.45, 2.75) is 13.5 Å². The number of thiazole rings is 1. The molecule has 0 amide bonds. The molecule has 0 atom stereocenters. The number of nitrogens with two attached hydrogens (primary N) is 1. The van der Waals surface area contributed by atoms with Crippen molar-refractivity contribution in [2.24, 2.45) is 5.73 Å². The standard InChI is InChI=1S/C17H16N2S/c1-12-16(13-7-3-2-4-8-13)19-17(20-12)15-10-6-5-9-14(15)11-18/h2-10H,11,18H2,1H3. The molecule has 0 aliphatic rings. The minimum atomic E-state index is 0.537. The second kappa shape index (κ2) is 5.57. The van der Waals surface area contributed by atoms with Gasteiger partial charge in [-0.3, -0.25) is 0 Å². The second-order valence-electron chi connectivity index (χ2n) is 4.65. The summed E-state index contributed by atoms with van der Waals surface area (Å²) in [6, 6.07) is 18.5. The van der Waals surface area contributed by atoms with Gasteiger partial charge in [0.05, 0.1) is 5.69 Å². The Morgan fingerprint density at radius 2 is 1.70 bits per heavy atom. The van der Waals surface area contributed by atoms with Crippen molar-refractivity contribution in [3.8, 4) is 21.8 Å². The maximum absolute atomic E-state index is 5.82. The summed E-state index contributed by atoms with van der Waals surface area (Å²) < 4.78 is 0. The largest absolute Gasteiger partial charge is 0.326 e. The van der Waals surface area contributed by atoms with Crippen molar-refractivity contribution in [3.63, 3.8) is 0 Å². The number of aromatic nitrogens is 1. The van der Waals surface area contributed by atoms with Crippen LogP contribution in [-0.2, 0) is 6.54 Å². The van der Waals surface area contributed by atoms with Gasteiger partial charge < -0.3 is 5.73 Å². The third-order valence-electron chi connectivity index (χ3n) is 3.31. The SMILES string of the molecule is Cc1sc(-c2ccccc2CN)nc1-c1ccccc1. The van der Waals surface area contributed by atoms with E-state index in [-0.39, 0.29) is 0 Å². The van der Waals surface area contributed by atoms with Crippen molar-refractivity contribution in [1.29, 1.82) is 0 Å². The van der Waals surface area contributed by atoms with Crippen molar-refractivity contribution < 1.29 is 0 Å². The number of hydrogen-bond acceptors (Lipinski definition) is 3. The van der Waals surface area contributed by atoms with Crippen LogP contribution >= 0.6 is 11.3 Å². The molecule has 3 rings (SSSR count). The second-order valence-corrected chi connectivity index (χ2v) is 5.85. The lowest BCUT2D eigenvalue weighted by atomic mass is 10.1. The van der Waals surface area contributed by atoms with Crippen LogP contribution in [0.15, 0.2) is 54.6 Å². The third kappa shape index (κ3) is 2.38. The summed E-state index contributed by atoms with van der Waals surface area (Å²) in [5.74, 6) is 0. The number of hydrogen-bond donors (Lipinski definition) is 1. The Bertz CT molecular complexity index is 717. The van der Waals surface area contributed by atoms with Crippen LogP contribution in [0, 0.1) is 6.92 Å². The van der Waals surface area contributed by atoms with E-state index in [9.17, 15) is 0 Å². The number of rotatable bonds is 3. The molecule has 2 aromatic carbocycles. The number of nitrogens with zero attached hydrogens (tertiary/aromatic N) is 1. The monoisotopic (exact) mass is 280 g/mol. The topological polar surface area (TPSA) is 38.9 Å². The molecular weight excluding hydrogens is 264 g/mol. The molecule has 2 N–H and O–H groups in total. The van der Waals surface area contributed by atoms with Gasteiger partial charge in [0.2, 0.25) is 0 Å². The smallest absolute Gasteiger partial charge is 0.124 e. The van der Waals surface area contributed by atoms with Crippen molar-refractivity contribution in [1.82, 2.24) is 4.98 Å². The zero-order valence-corrected chi connectivity index (χ0v) is 12.2. The average molecular weight is 280 g/mol. The molecule has 0 saturated heterocycles. The molecule has 0 saturated carbocycles. The normalized spacial score (nSPS) is 10.7. The van der Waals surface area contributed by atoms with Crippen molar-refractivity contribution >= 4 is 11.3 Å². The van der Waals surface area contributed by atoms with Gasteiger partial charge in [-0.2, -0.15) is 0 Å². The van der Waals surface area contributed by atoms with Gasteiger partial charge in [-0.15, -0.1) is 11.3 Å². The fourth-order valence-corrected chi connectivity index (χ4v) is 3.28. The molecule has 3 aromatic rings. The van der Waals surface area contributed by atoms with Crippen LogP contribution in [0.3, 0.4) is 0 Å². The zero-order valence-electron chi connectivity index (χ0n) is 11.3. The highest BCUT2D eigenvalue weighted by atomic mass is 32.1. The predicted octanol–water partition coefficient (Wildman–Crippen LogP) is 4.24. The first kappa shape index (κ1) is 13.0. The van der Waals surface area contributed by atoms with E-state index < -0.39 is 0 Å². The Kier molecular flexibility index (Phi) is 3.63. The molecule has 2 nitrogen and oxygen atoms in total. The fourth-order valence-electron chi connectivity index (χ4n) is 2.28. The summed E-state index contributed by atoms with van der Waals surface area (Å²) in [5.41, 5.74) is 10.3. The van der Waals surface area contributed by atoms with E-state index in [2.05, 4.69) is 31.2 Å². The Morgan fingerprint density at radius 1 is 1.00 bits per heavy atom. The number of benzene rings is 2. The molecule has 0 aliphatic carbocycles. The van der Waals surface area contributed by atoms with Crippen LogP contribution in [0.1, 0.15) is 10.4 Å². The van der Waals surface area contributed by atoms with Crippen LogP contribution in [0.2, 0.25) is 0 Å². The predicted molar refractivity (Wildman–Crippen MR) is 85.6 cm³/mol. The first-order valence-electron chi connectivity index (χ1n) is 6.61. The lowest BCUT2D eigenvalue weighted by molar-refractivity contribution is 1.07. The molecule has 0 bridgehead atoms. The molecule has 0 spiro atoms. The molecule has 0 aliphatic heterocycles. The van der Waals surface area contributed by atoms with Crippen molar-refractivity contribution in [3.05, 3.63) is 65.0 Å². The van der Waals surface area contributed by atoms with Crippen LogP contribution < -0.4 is 5.73 Å². The Labute approximate surface area is 122 Å². The van der Waals surface area contributed by atoms with Gasteiger partial charge in [0.15, 0.2) is 0 Å². The minimum Gasteiger partial charge on any atom is -0.326 e. The molecule has 1 heterocycles. The van der Waals surface area contributed by atoms with Gasteiger partial charge in [-0.25, -0.2) is 4.98 Å². The van der Waals surface area contributed by atoms with Gasteiger partial charge in [0.25, 0.3) is 0 Å². The van der Waals surface area contributed by atoms with Crippen molar-refractivity contribution in [2.75, 3.05) is 0 Å². The quantitative estimate of drug-likeness (QED) is 0.779. The van der Waals surface area contributed by atoms with E-state index in [1.807, 2.05) is 30.3 Å². The van der Waals surface area contributed by atoms with E-state index in [1.165, 1.54) is 4.88 Å². The van der Waals surface area contributed by atoms with Gasteiger partial charge in [0.1, 0.15) is 5.01 Å². The minimum absolute atomic E-state index is 0.537. The molecular formula is C17H16N2S. The average Bonchev–Trinajstić information content (AvgIpc) is 2.90. The van der Waals surface area contributed by atoms with E-state index in [4.69, 9.17) is 10.7 Å². The van der Waals surface area contributed by atoms with E-state index >= 15 is 0 Å². The summed E-state index contributed by atoms with van der Waals surface area (Å²) in [6.07, 6.45) is 0. The van der Waals surface area contributed by atoms with Crippen LogP contribution in [0.5, 0.6) is 0 Å². The Balaban J connectivity index is 2.09. The van der Waals surface area contributed by atoms with Gasteiger partial charge in [-0.1, -0.05) is 54.6 Å². The molecule has 0 unspecified atom stereocenters. The number of aryl methyl sites for hydroxylation is 1. The molecule has 0 radical (unpaired) electrons. The molecule has 100 valence electrons. The highest BCUT2D eigenvalue weighted by Gasteiger charge is 2.12. The van der Waals surface area contributed by atoms with E-state index in [1.54, 1.807) is 11.3 Å². The van der Waals surface area contributed by atoms with E-state index in [0.717, 1.165) is 27.4 Å². The molecule has 0 fully saturated rings. The summed E-state index contributed by atoms with van der Waals surface area (Å²) in [4.78, 5) is 6.06. The highest BCUT2D eigenvalue weighted by Crippen LogP contribution is 2.34. The van der Waals surface area contributed by atoms with Gasteiger partial charge >= 0.3 is 0 Å². The maximum Gasteiger partial charge on any atom is 0.124 e. The van der Waals surface area contributed by atoms with Gasteiger partial charge in [-0.05, 0) is 12.5 Å². The fraction of sp³-hybridized carbons (Fsp3) is 0.118. The van der Waals surface area contributed by atoms with Crippen LogP contribution in [-0.4, -0.2) is 4.98 Å².